The predicted molar refractivity (Wildman–Crippen MR) is 140 cm³/mol. The Morgan fingerprint density at radius 1 is 0.950 bits per heavy atom. The number of benzene rings is 2. The zero-order chi connectivity index (χ0) is 28.5. The first-order chi connectivity index (χ1) is 19.0. The number of hydrogen-bond acceptors (Lipinski definition) is 5. The van der Waals surface area contributed by atoms with Gasteiger partial charge in [-0.3, -0.25) is 4.79 Å². The number of alkyl halides is 6. The van der Waals surface area contributed by atoms with Crippen LogP contribution in [0.15, 0.2) is 52.3 Å². The van der Waals surface area contributed by atoms with Gasteiger partial charge in [-0.15, -0.1) is 0 Å². The molecule has 0 aliphatic carbocycles. The summed E-state index contributed by atoms with van der Waals surface area (Å²) in [6, 6.07) is 8.98. The molecule has 0 aromatic heterocycles. The SMILES string of the molecule is O=C(C=Cc1ccc(Sc2cccc(NC3CN4CCC3CC4)c2)c(C(F)(F)F)c1C(F)(F)F)N1CCOCC1. The van der Waals surface area contributed by atoms with Gasteiger partial charge in [0.25, 0.3) is 0 Å². The lowest BCUT2D eigenvalue weighted by molar-refractivity contribution is -0.163. The lowest BCUT2D eigenvalue weighted by atomic mass is 9.84. The van der Waals surface area contributed by atoms with Crippen LogP contribution in [0.3, 0.4) is 0 Å². The first-order valence-electron chi connectivity index (χ1n) is 13.1. The van der Waals surface area contributed by atoms with Gasteiger partial charge in [0.2, 0.25) is 5.91 Å². The third-order valence-electron chi connectivity index (χ3n) is 7.56. The molecule has 1 amide bonds. The van der Waals surface area contributed by atoms with Crippen LogP contribution in [0, 0.1) is 5.92 Å². The number of carbonyl (C=O) groups is 1. The fourth-order valence-corrected chi connectivity index (χ4v) is 6.62. The second-order valence-corrected chi connectivity index (χ2v) is 11.3. The molecule has 216 valence electrons. The van der Waals surface area contributed by atoms with Crippen molar-refractivity contribution in [1.29, 1.82) is 0 Å². The van der Waals surface area contributed by atoms with Crippen LogP contribution in [0.2, 0.25) is 0 Å². The molecule has 1 atom stereocenters. The number of fused-ring (bicyclic) bond motifs is 3. The molecule has 0 spiro atoms. The summed E-state index contributed by atoms with van der Waals surface area (Å²) in [5.41, 5.74) is -3.57. The standard InChI is InChI=1S/C28H29F6N3O2S/c29-27(30,31)25-19(5-7-24(38)37-12-14-39-15-13-37)4-6-23(26(25)28(32,33)34)40-21-3-1-2-20(16-21)35-22-17-36-10-8-18(22)9-11-36/h1-7,16,18,22,35H,8-15,17H2. The number of amides is 1. The highest BCUT2D eigenvalue weighted by atomic mass is 32.2. The van der Waals surface area contributed by atoms with Crippen molar-refractivity contribution in [2.75, 3.05) is 51.3 Å². The molecule has 4 aliphatic heterocycles. The topological polar surface area (TPSA) is 44.8 Å². The molecule has 1 unspecified atom stereocenters. The quantitative estimate of drug-likeness (QED) is 0.321. The summed E-state index contributed by atoms with van der Waals surface area (Å²) in [6.07, 6.45) is -6.73. The van der Waals surface area contributed by atoms with E-state index in [4.69, 9.17) is 4.74 Å². The number of nitrogens with zero attached hydrogens (tertiary/aromatic N) is 2. The fraction of sp³-hybridized carbons (Fsp3) is 0.464. The second-order valence-electron chi connectivity index (χ2n) is 10.2. The van der Waals surface area contributed by atoms with Gasteiger partial charge in [-0.1, -0.05) is 23.9 Å². The summed E-state index contributed by atoms with van der Waals surface area (Å²) >= 11 is 0.635. The van der Waals surface area contributed by atoms with Crippen LogP contribution in [-0.2, 0) is 21.9 Å². The first-order valence-corrected chi connectivity index (χ1v) is 13.9. The number of anilines is 1. The van der Waals surface area contributed by atoms with Gasteiger partial charge in [0, 0.05) is 47.2 Å². The largest absolute Gasteiger partial charge is 0.418 e. The highest BCUT2D eigenvalue weighted by Crippen LogP contribution is 2.48. The van der Waals surface area contributed by atoms with Crippen LogP contribution in [0.5, 0.6) is 0 Å². The summed E-state index contributed by atoms with van der Waals surface area (Å²) in [6.45, 7) is 4.10. The summed E-state index contributed by atoms with van der Waals surface area (Å²) in [5.74, 6) is -0.0704. The maximum Gasteiger partial charge on any atom is 0.418 e. The third-order valence-corrected chi connectivity index (χ3v) is 8.61. The van der Waals surface area contributed by atoms with Crippen LogP contribution in [-0.4, -0.2) is 67.7 Å². The number of ether oxygens (including phenoxy) is 1. The molecule has 2 aromatic carbocycles. The van der Waals surface area contributed by atoms with E-state index in [0.717, 1.165) is 62.4 Å². The Bertz CT molecular complexity index is 1250. The van der Waals surface area contributed by atoms with Crippen LogP contribution in [0.1, 0.15) is 29.5 Å². The summed E-state index contributed by atoms with van der Waals surface area (Å²) < 4.78 is 90.4. The van der Waals surface area contributed by atoms with E-state index >= 15 is 0 Å². The molecule has 40 heavy (non-hydrogen) atoms. The Morgan fingerprint density at radius 2 is 1.65 bits per heavy atom. The molecule has 6 rings (SSSR count). The molecule has 2 aromatic rings. The first kappa shape index (κ1) is 28.8. The fourth-order valence-electron chi connectivity index (χ4n) is 5.58. The molecule has 5 nitrogen and oxygen atoms in total. The van der Waals surface area contributed by atoms with Crippen molar-refractivity contribution in [3.05, 3.63) is 59.2 Å². The Hall–Kier alpha value is -2.70. The molecule has 0 radical (unpaired) electrons. The monoisotopic (exact) mass is 585 g/mol. The van der Waals surface area contributed by atoms with E-state index in [9.17, 15) is 31.1 Å². The van der Waals surface area contributed by atoms with Crippen molar-refractivity contribution >= 4 is 29.4 Å². The lowest BCUT2D eigenvalue weighted by Gasteiger charge is -2.45. The van der Waals surface area contributed by atoms with Gasteiger partial charge in [-0.05, 0) is 67.8 Å². The van der Waals surface area contributed by atoms with Gasteiger partial charge in [0.05, 0.1) is 24.3 Å². The molecule has 1 N–H and O–H groups in total. The Labute approximate surface area is 232 Å². The van der Waals surface area contributed by atoms with Gasteiger partial charge < -0.3 is 19.9 Å². The summed E-state index contributed by atoms with van der Waals surface area (Å²) in [5, 5.41) is 3.47. The average Bonchev–Trinajstić information content (AvgIpc) is 2.92. The van der Waals surface area contributed by atoms with Crippen LogP contribution in [0.25, 0.3) is 6.08 Å². The molecule has 4 heterocycles. The van der Waals surface area contributed by atoms with Crippen molar-refractivity contribution in [3.63, 3.8) is 0 Å². The van der Waals surface area contributed by atoms with Crippen molar-refractivity contribution in [2.45, 2.75) is 41.0 Å². The second kappa shape index (κ2) is 11.7. The average molecular weight is 586 g/mol. The number of piperidine rings is 3. The van der Waals surface area contributed by atoms with Crippen molar-refractivity contribution < 1.29 is 35.9 Å². The number of nitrogens with one attached hydrogen (secondary N) is 1. The van der Waals surface area contributed by atoms with E-state index in [0.29, 0.717) is 22.6 Å². The number of rotatable bonds is 6. The number of morpholine rings is 1. The maximum absolute atomic E-state index is 14.2. The van der Waals surface area contributed by atoms with E-state index in [1.807, 2.05) is 6.07 Å². The van der Waals surface area contributed by atoms with Crippen LogP contribution < -0.4 is 5.32 Å². The van der Waals surface area contributed by atoms with Gasteiger partial charge in [0.15, 0.2) is 0 Å². The molecule has 0 saturated carbocycles. The Balaban J connectivity index is 1.43. The van der Waals surface area contributed by atoms with E-state index in [1.54, 1.807) is 18.2 Å². The summed E-state index contributed by atoms with van der Waals surface area (Å²) in [7, 11) is 0. The minimum absolute atomic E-state index is 0.219. The van der Waals surface area contributed by atoms with Crippen molar-refractivity contribution in [2.24, 2.45) is 5.92 Å². The molecule has 4 saturated heterocycles. The van der Waals surface area contributed by atoms with E-state index < -0.39 is 39.8 Å². The highest BCUT2D eigenvalue weighted by molar-refractivity contribution is 7.99. The van der Waals surface area contributed by atoms with Crippen LogP contribution >= 0.6 is 11.8 Å². The molecule has 4 fully saturated rings. The van der Waals surface area contributed by atoms with Crippen molar-refractivity contribution in [1.82, 2.24) is 9.80 Å². The minimum atomic E-state index is -5.30. The van der Waals surface area contributed by atoms with Gasteiger partial charge in [0.1, 0.15) is 0 Å². The van der Waals surface area contributed by atoms with E-state index in [2.05, 4.69) is 10.2 Å². The normalized spacial score (nSPS) is 23.6. The molecule has 12 heteroatoms. The molecular formula is C28H29F6N3O2S. The zero-order valence-corrected chi connectivity index (χ0v) is 22.3. The predicted octanol–water partition coefficient (Wildman–Crippen LogP) is 6.25. The van der Waals surface area contributed by atoms with Gasteiger partial charge >= 0.3 is 12.4 Å². The van der Waals surface area contributed by atoms with E-state index in [1.165, 1.54) is 4.90 Å². The number of carbonyl (C=O) groups excluding carboxylic acids is 1. The molecule has 2 bridgehead atoms. The number of hydrogen-bond donors (Lipinski definition) is 1. The maximum atomic E-state index is 14.2. The molecule has 4 aliphatic rings. The smallest absolute Gasteiger partial charge is 0.381 e. The number of halogens is 6. The summed E-state index contributed by atoms with van der Waals surface area (Å²) in [4.78, 5) is 16.0. The lowest BCUT2D eigenvalue weighted by Crippen LogP contribution is -2.53. The zero-order valence-electron chi connectivity index (χ0n) is 21.5. The van der Waals surface area contributed by atoms with E-state index in [-0.39, 0.29) is 32.3 Å². The highest BCUT2D eigenvalue weighted by Gasteiger charge is 2.46. The Kier molecular flexibility index (Phi) is 8.40. The van der Waals surface area contributed by atoms with Gasteiger partial charge in [-0.2, -0.15) is 26.3 Å². The van der Waals surface area contributed by atoms with Crippen LogP contribution in [0.4, 0.5) is 32.0 Å². The Morgan fingerprint density at radius 3 is 2.27 bits per heavy atom. The molecular weight excluding hydrogens is 556 g/mol. The van der Waals surface area contributed by atoms with Gasteiger partial charge in [-0.25, -0.2) is 0 Å². The third kappa shape index (κ3) is 6.60. The minimum Gasteiger partial charge on any atom is -0.381 e. The van der Waals surface area contributed by atoms with Crippen molar-refractivity contribution in [3.8, 4) is 0 Å².